The van der Waals surface area contributed by atoms with Gasteiger partial charge in [0.15, 0.2) is 0 Å². The summed E-state index contributed by atoms with van der Waals surface area (Å²) in [6.45, 7) is 0.236. The highest BCUT2D eigenvalue weighted by atomic mass is 19.4. The molecule has 0 fully saturated rings. The van der Waals surface area contributed by atoms with Gasteiger partial charge in [-0.1, -0.05) is 6.07 Å². The lowest BCUT2D eigenvalue weighted by Gasteiger charge is -2.32. The van der Waals surface area contributed by atoms with E-state index in [0.29, 0.717) is 17.8 Å². The quantitative estimate of drug-likeness (QED) is 0.419. The number of hydrogen-bond donors (Lipinski definition) is 1. The number of fused-ring (bicyclic) bond motifs is 2. The summed E-state index contributed by atoms with van der Waals surface area (Å²) in [7, 11) is 1.78. The number of carbonyl (C=O) groups is 1. The normalized spacial score (nSPS) is 16.1. The van der Waals surface area contributed by atoms with Crippen LogP contribution in [0.1, 0.15) is 39.5 Å². The first-order chi connectivity index (χ1) is 16.8. The Morgan fingerprint density at radius 1 is 1.23 bits per heavy atom. The first-order valence-corrected chi connectivity index (χ1v) is 10.5. The van der Waals surface area contributed by atoms with Gasteiger partial charge in [-0.05, 0) is 18.2 Å². The molecule has 5 aromatic heterocycles. The Morgan fingerprint density at radius 2 is 2.09 bits per heavy atom. The van der Waals surface area contributed by atoms with Crippen molar-refractivity contribution in [3.8, 4) is 11.6 Å². The Hall–Kier alpha value is -4.49. The second kappa shape index (κ2) is 7.51. The molecule has 1 aliphatic rings. The minimum absolute atomic E-state index is 0.0746. The summed E-state index contributed by atoms with van der Waals surface area (Å²) in [6.07, 6.45) is 0.554. The maximum atomic E-state index is 13.6. The fraction of sp³-hybridized carbons (Fsp3) is 0.238. The van der Waals surface area contributed by atoms with Gasteiger partial charge in [-0.15, -0.1) is 10.2 Å². The number of aromatic nitrogens is 8. The standard InChI is InChI=1S/C21H16F3N9O2/c1-31-8-14(27-10-31)18-28-29-19(35-18)20(34)32-6-5-12-16(26-9-25-12)17(32)13-7-11-3-2-4-15(21(22,23)24)33(11)30-13/h2-4,7-10,17H,5-6H2,1H3,(H,25,26)/t17-/m1/s1. The Bertz CT molecular complexity index is 1560. The monoisotopic (exact) mass is 483 g/mol. The van der Waals surface area contributed by atoms with E-state index in [9.17, 15) is 18.0 Å². The highest BCUT2D eigenvalue weighted by Crippen LogP contribution is 2.36. The van der Waals surface area contributed by atoms with E-state index in [1.54, 1.807) is 24.1 Å². The lowest BCUT2D eigenvalue weighted by atomic mass is 9.99. The van der Waals surface area contributed by atoms with Gasteiger partial charge in [0, 0.05) is 31.9 Å². The smallest absolute Gasteiger partial charge is 0.411 e. The number of nitrogens with one attached hydrogen (secondary N) is 1. The van der Waals surface area contributed by atoms with Crippen LogP contribution in [-0.2, 0) is 19.6 Å². The molecule has 1 amide bonds. The van der Waals surface area contributed by atoms with E-state index >= 15 is 0 Å². The molecule has 1 N–H and O–H groups in total. The topological polar surface area (TPSA) is 123 Å². The van der Waals surface area contributed by atoms with Crippen LogP contribution in [0.15, 0.2) is 47.5 Å². The third-order valence-electron chi connectivity index (χ3n) is 5.79. The van der Waals surface area contributed by atoms with Gasteiger partial charge in [0.1, 0.15) is 17.4 Å². The molecule has 178 valence electrons. The third kappa shape index (κ3) is 3.45. The molecular formula is C21H16F3N9O2. The molecule has 11 nitrogen and oxygen atoms in total. The zero-order valence-electron chi connectivity index (χ0n) is 18.1. The number of aromatic amines is 1. The lowest BCUT2D eigenvalue weighted by Crippen LogP contribution is -2.41. The van der Waals surface area contributed by atoms with Gasteiger partial charge < -0.3 is 18.9 Å². The zero-order chi connectivity index (χ0) is 24.3. The van der Waals surface area contributed by atoms with Crippen molar-refractivity contribution in [2.45, 2.75) is 18.6 Å². The Kier molecular flexibility index (Phi) is 4.52. The average molecular weight is 483 g/mol. The molecule has 0 aromatic carbocycles. The first-order valence-electron chi connectivity index (χ1n) is 10.5. The Labute approximate surface area is 194 Å². The SMILES string of the molecule is Cn1cnc(-c2nnc(C(=O)N3CCc4[nH]cnc4[C@H]3c3cc4cccc(C(F)(F)F)n4n3)o2)c1. The fourth-order valence-electron chi connectivity index (χ4n) is 4.24. The number of amides is 1. The number of halogens is 3. The summed E-state index contributed by atoms with van der Waals surface area (Å²) in [5.74, 6) is -0.786. The maximum absolute atomic E-state index is 13.6. The third-order valence-corrected chi connectivity index (χ3v) is 5.79. The van der Waals surface area contributed by atoms with Crippen molar-refractivity contribution >= 4 is 11.4 Å². The van der Waals surface area contributed by atoms with E-state index in [-0.39, 0.29) is 29.5 Å². The number of aryl methyl sites for hydroxylation is 1. The highest BCUT2D eigenvalue weighted by molar-refractivity contribution is 5.90. The van der Waals surface area contributed by atoms with Gasteiger partial charge in [-0.3, -0.25) is 4.79 Å². The molecule has 0 saturated heterocycles. The summed E-state index contributed by atoms with van der Waals surface area (Å²) in [4.78, 5) is 26.4. The van der Waals surface area contributed by atoms with Crippen LogP contribution in [0.5, 0.6) is 0 Å². The summed E-state index contributed by atoms with van der Waals surface area (Å²) >= 11 is 0. The van der Waals surface area contributed by atoms with E-state index < -0.39 is 23.8 Å². The van der Waals surface area contributed by atoms with E-state index in [2.05, 4.69) is 30.2 Å². The maximum Gasteiger partial charge on any atom is 0.433 e. The van der Waals surface area contributed by atoms with E-state index in [0.717, 1.165) is 16.3 Å². The molecule has 0 saturated carbocycles. The van der Waals surface area contributed by atoms with Crippen LogP contribution in [0.25, 0.3) is 17.1 Å². The molecular weight excluding hydrogens is 467 g/mol. The van der Waals surface area contributed by atoms with Crippen LogP contribution in [0.3, 0.4) is 0 Å². The molecule has 1 aliphatic heterocycles. The number of imidazole rings is 2. The highest BCUT2D eigenvalue weighted by Gasteiger charge is 2.39. The second-order valence-electron chi connectivity index (χ2n) is 8.07. The van der Waals surface area contributed by atoms with Crippen LogP contribution >= 0.6 is 0 Å². The van der Waals surface area contributed by atoms with Crippen LogP contribution in [0.2, 0.25) is 0 Å². The molecule has 6 heterocycles. The summed E-state index contributed by atoms with van der Waals surface area (Å²) in [6, 6.07) is 4.43. The number of hydrogen-bond acceptors (Lipinski definition) is 7. The molecule has 6 rings (SSSR count). The minimum Gasteiger partial charge on any atom is -0.411 e. The Balaban J connectivity index is 1.42. The van der Waals surface area contributed by atoms with Gasteiger partial charge in [-0.25, -0.2) is 14.5 Å². The van der Waals surface area contributed by atoms with Crippen LogP contribution in [0, 0.1) is 0 Å². The predicted octanol–water partition coefficient (Wildman–Crippen LogP) is 2.65. The van der Waals surface area contributed by atoms with E-state index in [1.807, 2.05) is 0 Å². The molecule has 0 unspecified atom stereocenters. The molecule has 14 heteroatoms. The van der Waals surface area contributed by atoms with Gasteiger partial charge in [-0.2, -0.15) is 18.3 Å². The molecule has 1 atom stereocenters. The number of alkyl halides is 3. The second-order valence-corrected chi connectivity index (χ2v) is 8.07. The Morgan fingerprint density at radius 3 is 2.86 bits per heavy atom. The number of pyridine rings is 1. The largest absolute Gasteiger partial charge is 0.433 e. The van der Waals surface area contributed by atoms with Gasteiger partial charge in [0.05, 0.1) is 29.6 Å². The van der Waals surface area contributed by atoms with Gasteiger partial charge in [0.25, 0.3) is 5.89 Å². The summed E-state index contributed by atoms with van der Waals surface area (Å²) < 4.78 is 48.8. The minimum atomic E-state index is -4.60. The number of nitrogens with zero attached hydrogens (tertiary/aromatic N) is 8. The van der Waals surface area contributed by atoms with Crippen LogP contribution in [0.4, 0.5) is 13.2 Å². The molecule has 0 spiro atoms. The number of rotatable bonds is 3. The molecule has 0 aliphatic carbocycles. The van der Waals surface area contributed by atoms with Crippen molar-refractivity contribution in [1.29, 1.82) is 0 Å². The lowest BCUT2D eigenvalue weighted by molar-refractivity contribution is -0.142. The molecule has 5 aromatic rings. The summed E-state index contributed by atoms with van der Waals surface area (Å²) in [5.41, 5.74) is 1.21. The van der Waals surface area contributed by atoms with E-state index in [4.69, 9.17) is 4.42 Å². The zero-order valence-corrected chi connectivity index (χ0v) is 18.1. The predicted molar refractivity (Wildman–Crippen MR) is 112 cm³/mol. The first kappa shape index (κ1) is 21.1. The van der Waals surface area contributed by atoms with E-state index in [1.165, 1.54) is 29.4 Å². The van der Waals surface area contributed by atoms with Crippen LogP contribution < -0.4 is 0 Å². The molecule has 0 bridgehead atoms. The summed E-state index contributed by atoms with van der Waals surface area (Å²) in [5, 5.41) is 12.0. The number of H-pyrrole nitrogens is 1. The fourth-order valence-corrected chi connectivity index (χ4v) is 4.24. The van der Waals surface area contributed by atoms with Crippen molar-refractivity contribution in [2.75, 3.05) is 6.54 Å². The molecule has 35 heavy (non-hydrogen) atoms. The van der Waals surface area contributed by atoms with Gasteiger partial charge >= 0.3 is 18.0 Å². The van der Waals surface area contributed by atoms with Crippen molar-refractivity contribution in [2.24, 2.45) is 7.05 Å². The number of carbonyl (C=O) groups excluding carboxylic acids is 1. The van der Waals surface area contributed by atoms with Crippen molar-refractivity contribution < 1.29 is 22.4 Å². The van der Waals surface area contributed by atoms with Crippen molar-refractivity contribution in [3.63, 3.8) is 0 Å². The average Bonchev–Trinajstić information content (AvgIpc) is 3.62. The van der Waals surface area contributed by atoms with Gasteiger partial charge in [0.2, 0.25) is 0 Å². The van der Waals surface area contributed by atoms with Crippen molar-refractivity contribution in [1.82, 2.24) is 44.2 Å². The van der Waals surface area contributed by atoms with Crippen molar-refractivity contribution in [3.05, 3.63) is 71.8 Å². The van der Waals surface area contributed by atoms with Crippen LogP contribution in [-0.4, -0.2) is 56.7 Å². The molecule has 0 radical (unpaired) electrons.